The summed E-state index contributed by atoms with van der Waals surface area (Å²) in [6.07, 6.45) is 1.28. The Balaban J connectivity index is 1.64. The van der Waals surface area contributed by atoms with Gasteiger partial charge in [-0.25, -0.2) is 22.9 Å². The average Bonchev–Trinajstić information content (AvgIpc) is 2.84. The lowest BCUT2D eigenvalue weighted by Crippen LogP contribution is -2.31. The minimum atomic E-state index is -4.22. The second-order valence-corrected chi connectivity index (χ2v) is 9.26. The number of pyridine rings is 1. The molecule has 0 saturated heterocycles. The summed E-state index contributed by atoms with van der Waals surface area (Å²) in [7, 11) is -2.74. The van der Waals surface area contributed by atoms with Crippen molar-refractivity contribution >= 4 is 39.4 Å². The Labute approximate surface area is 206 Å². The van der Waals surface area contributed by atoms with Crippen LogP contribution in [0.4, 0.5) is 0 Å². The standard InChI is InChI=1S/C23H20ClN3O7S/c1-34-16-6-7-19(24)18(12-16)22(29)25-10-9-14-3-2-4-17(11-14)35(32,33)27-21(28)15-5-8-20(23(30)31)26-13-15/h2-8,11-13H,9-10H2,1H3,(H,25,29)(H,27,28)(H,30,31). The molecule has 0 unspecified atom stereocenters. The van der Waals surface area contributed by atoms with Gasteiger partial charge in [0.05, 0.1) is 28.2 Å². The molecule has 3 rings (SSSR count). The molecule has 1 heterocycles. The molecular formula is C23H20ClN3O7S. The minimum Gasteiger partial charge on any atom is -0.497 e. The monoisotopic (exact) mass is 517 g/mol. The van der Waals surface area contributed by atoms with E-state index in [4.69, 9.17) is 21.4 Å². The third-order valence-corrected chi connectivity index (χ3v) is 6.46. The maximum atomic E-state index is 12.7. The van der Waals surface area contributed by atoms with Crippen LogP contribution < -0.4 is 14.8 Å². The molecule has 10 nitrogen and oxygen atoms in total. The predicted octanol–water partition coefficient (Wildman–Crippen LogP) is 2.53. The number of carboxylic acids is 1. The van der Waals surface area contributed by atoms with Crippen molar-refractivity contribution in [1.82, 2.24) is 15.0 Å². The van der Waals surface area contributed by atoms with Gasteiger partial charge in [-0.3, -0.25) is 9.59 Å². The SMILES string of the molecule is COc1ccc(Cl)c(C(=O)NCCc2cccc(S(=O)(=O)NC(=O)c3ccc(C(=O)O)nc3)c2)c1. The second-order valence-electron chi connectivity index (χ2n) is 7.17. The number of methoxy groups -OCH3 is 1. The number of benzene rings is 2. The first kappa shape index (κ1) is 25.7. The van der Waals surface area contributed by atoms with Crippen molar-refractivity contribution in [3.8, 4) is 5.75 Å². The van der Waals surface area contributed by atoms with Crippen LogP contribution in [0, 0.1) is 0 Å². The molecule has 0 radical (unpaired) electrons. The second kappa shape index (κ2) is 11.0. The Morgan fingerprint density at radius 2 is 1.83 bits per heavy atom. The zero-order chi connectivity index (χ0) is 25.6. The van der Waals surface area contributed by atoms with Gasteiger partial charge in [0, 0.05) is 12.7 Å². The number of sulfonamides is 1. The topological polar surface area (TPSA) is 152 Å². The lowest BCUT2D eigenvalue weighted by atomic mass is 10.1. The number of halogens is 1. The molecule has 2 amide bonds. The molecule has 0 bridgehead atoms. The number of aromatic nitrogens is 1. The number of amides is 2. The van der Waals surface area contributed by atoms with Crippen LogP contribution in [-0.4, -0.2) is 49.9 Å². The fourth-order valence-electron chi connectivity index (χ4n) is 2.98. The number of rotatable bonds is 9. The number of hydrogen-bond acceptors (Lipinski definition) is 7. The van der Waals surface area contributed by atoms with Crippen molar-refractivity contribution in [2.24, 2.45) is 0 Å². The Kier molecular flexibility index (Phi) is 8.05. The van der Waals surface area contributed by atoms with Gasteiger partial charge in [-0.1, -0.05) is 23.7 Å². The van der Waals surface area contributed by atoms with Gasteiger partial charge in [0.25, 0.3) is 21.8 Å². The van der Waals surface area contributed by atoms with Crippen molar-refractivity contribution in [2.75, 3.05) is 13.7 Å². The lowest BCUT2D eigenvalue weighted by Gasteiger charge is -2.10. The summed E-state index contributed by atoms with van der Waals surface area (Å²) in [5, 5.41) is 11.8. The molecule has 0 aliphatic heterocycles. The molecule has 182 valence electrons. The molecule has 2 aromatic carbocycles. The van der Waals surface area contributed by atoms with E-state index in [1.807, 2.05) is 4.72 Å². The van der Waals surface area contributed by atoms with Crippen LogP contribution in [0.3, 0.4) is 0 Å². The van der Waals surface area contributed by atoms with Crippen LogP contribution in [0.2, 0.25) is 5.02 Å². The van der Waals surface area contributed by atoms with E-state index in [-0.39, 0.29) is 33.3 Å². The molecule has 0 fully saturated rings. The molecule has 1 aromatic heterocycles. The zero-order valence-corrected chi connectivity index (χ0v) is 19.9. The van der Waals surface area contributed by atoms with Crippen LogP contribution in [0.5, 0.6) is 5.75 Å². The smallest absolute Gasteiger partial charge is 0.354 e. The quantitative estimate of drug-likeness (QED) is 0.391. The fourth-order valence-corrected chi connectivity index (χ4v) is 4.23. The molecule has 0 aliphatic carbocycles. The summed E-state index contributed by atoms with van der Waals surface area (Å²) < 4.78 is 32.4. The van der Waals surface area contributed by atoms with Crippen molar-refractivity contribution in [3.05, 3.63) is 88.2 Å². The summed E-state index contributed by atoms with van der Waals surface area (Å²) in [5.41, 5.74) is 0.451. The van der Waals surface area contributed by atoms with Gasteiger partial charge in [0.15, 0.2) is 0 Å². The van der Waals surface area contributed by atoms with E-state index in [0.717, 1.165) is 18.3 Å². The van der Waals surface area contributed by atoms with Gasteiger partial charge >= 0.3 is 5.97 Å². The zero-order valence-electron chi connectivity index (χ0n) is 18.3. The van der Waals surface area contributed by atoms with Crippen molar-refractivity contribution < 1.29 is 32.6 Å². The predicted molar refractivity (Wildman–Crippen MR) is 126 cm³/mol. The van der Waals surface area contributed by atoms with Gasteiger partial charge < -0.3 is 15.2 Å². The number of carbonyl (C=O) groups excluding carboxylic acids is 2. The molecule has 12 heteroatoms. The van der Waals surface area contributed by atoms with Crippen LogP contribution >= 0.6 is 11.6 Å². The normalized spacial score (nSPS) is 10.9. The molecule has 35 heavy (non-hydrogen) atoms. The number of nitrogens with zero attached hydrogens (tertiary/aromatic N) is 1. The summed E-state index contributed by atoms with van der Waals surface area (Å²) in [6, 6.07) is 12.8. The van der Waals surface area contributed by atoms with Gasteiger partial charge in [-0.15, -0.1) is 0 Å². The highest BCUT2D eigenvalue weighted by atomic mass is 35.5. The van der Waals surface area contributed by atoms with Gasteiger partial charge in [-0.2, -0.15) is 0 Å². The Morgan fingerprint density at radius 1 is 1.06 bits per heavy atom. The van der Waals surface area contributed by atoms with E-state index in [9.17, 15) is 22.8 Å². The van der Waals surface area contributed by atoms with Crippen molar-refractivity contribution in [2.45, 2.75) is 11.3 Å². The maximum Gasteiger partial charge on any atom is 0.354 e. The summed E-state index contributed by atoms with van der Waals surface area (Å²) in [6.45, 7) is 0.198. The Morgan fingerprint density at radius 3 is 2.49 bits per heavy atom. The largest absolute Gasteiger partial charge is 0.497 e. The Bertz CT molecular complexity index is 1380. The maximum absolute atomic E-state index is 12.7. The third-order valence-electron chi connectivity index (χ3n) is 4.80. The minimum absolute atomic E-state index is 0.117. The van der Waals surface area contributed by atoms with Crippen molar-refractivity contribution in [3.63, 3.8) is 0 Å². The van der Waals surface area contributed by atoms with Crippen LogP contribution in [0.15, 0.2) is 65.7 Å². The van der Waals surface area contributed by atoms with E-state index in [0.29, 0.717) is 17.7 Å². The number of hydrogen-bond donors (Lipinski definition) is 3. The Hall–Kier alpha value is -3.96. The third kappa shape index (κ3) is 6.55. The van der Waals surface area contributed by atoms with E-state index in [2.05, 4.69) is 10.3 Å². The number of carbonyl (C=O) groups is 3. The molecule has 0 aliphatic rings. The van der Waals surface area contributed by atoms with Crippen LogP contribution in [0.1, 0.15) is 36.8 Å². The average molecular weight is 518 g/mol. The summed E-state index contributed by atoms with van der Waals surface area (Å²) >= 11 is 6.07. The van der Waals surface area contributed by atoms with Gasteiger partial charge in [0.2, 0.25) is 0 Å². The van der Waals surface area contributed by atoms with E-state index in [1.165, 1.54) is 31.4 Å². The number of ether oxygens (including phenoxy) is 1. The number of carboxylic acid groups (broad SMARTS) is 1. The van der Waals surface area contributed by atoms with Crippen molar-refractivity contribution in [1.29, 1.82) is 0 Å². The first-order valence-electron chi connectivity index (χ1n) is 10.1. The van der Waals surface area contributed by atoms with Crippen LogP contribution in [0.25, 0.3) is 0 Å². The van der Waals surface area contributed by atoms with E-state index >= 15 is 0 Å². The lowest BCUT2D eigenvalue weighted by molar-refractivity contribution is 0.0689. The first-order chi connectivity index (χ1) is 16.6. The molecule has 3 N–H and O–H groups in total. The highest BCUT2D eigenvalue weighted by molar-refractivity contribution is 7.90. The highest BCUT2D eigenvalue weighted by Crippen LogP contribution is 2.22. The highest BCUT2D eigenvalue weighted by Gasteiger charge is 2.20. The summed E-state index contributed by atoms with van der Waals surface area (Å²) in [4.78, 5) is 39.0. The van der Waals surface area contributed by atoms with E-state index < -0.39 is 27.8 Å². The molecule has 0 spiro atoms. The number of aromatic carboxylic acids is 1. The van der Waals surface area contributed by atoms with Gasteiger partial charge in [-0.05, 0) is 54.4 Å². The van der Waals surface area contributed by atoms with Crippen LogP contribution in [-0.2, 0) is 16.4 Å². The molecule has 0 saturated carbocycles. The summed E-state index contributed by atoms with van der Waals surface area (Å²) in [5.74, 6) is -2.16. The van der Waals surface area contributed by atoms with Gasteiger partial charge in [0.1, 0.15) is 11.4 Å². The number of nitrogens with one attached hydrogen (secondary N) is 2. The first-order valence-corrected chi connectivity index (χ1v) is 11.9. The molecule has 3 aromatic rings. The van der Waals surface area contributed by atoms with E-state index in [1.54, 1.807) is 18.2 Å². The fraction of sp³-hybridized carbons (Fsp3) is 0.130. The molecule has 0 atom stereocenters. The molecular weight excluding hydrogens is 498 g/mol.